The average Bonchev–Trinajstić information content (AvgIpc) is 3.15. The Kier molecular flexibility index (Phi) is 6.67. The van der Waals surface area contributed by atoms with Crippen molar-refractivity contribution in [3.63, 3.8) is 0 Å². The molecule has 2 fully saturated rings. The number of hydrogen-bond donors (Lipinski definition) is 1. The summed E-state index contributed by atoms with van der Waals surface area (Å²) < 4.78 is 5.57. The molecule has 2 heterocycles. The van der Waals surface area contributed by atoms with E-state index in [2.05, 4.69) is 40.5 Å². The van der Waals surface area contributed by atoms with Crippen LogP contribution >= 0.6 is 0 Å². The molecule has 0 bridgehead atoms. The molecule has 0 spiro atoms. The van der Waals surface area contributed by atoms with Crippen LogP contribution < -0.4 is 5.32 Å². The van der Waals surface area contributed by atoms with Gasteiger partial charge in [-0.25, -0.2) is 0 Å². The summed E-state index contributed by atoms with van der Waals surface area (Å²) in [5.41, 5.74) is 1.42. The molecule has 4 heteroatoms. The number of hydrogen-bond acceptors (Lipinski definition) is 3. The van der Waals surface area contributed by atoms with Gasteiger partial charge in [0, 0.05) is 19.1 Å². The first kappa shape index (κ1) is 17.4. The molecule has 0 aliphatic carbocycles. The van der Waals surface area contributed by atoms with E-state index in [0.29, 0.717) is 6.54 Å². The summed E-state index contributed by atoms with van der Waals surface area (Å²) in [7, 11) is 0. The van der Waals surface area contributed by atoms with Crippen molar-refractivity contribution >= 4 is 5.91 Å². The SMILES string of the molecule is O=C(NCC1CCCO1)C1CCN(CCCc2ccccc2)CC1. The Labute approximate surface area is 145 Å². The molecule has 24 heavy (non-hydrogen) atoms. The molecule has 2 aliphatic rings. The third kappa shape index (κ3) is 5.32. The normalized spacial score (nSPS) is 22.6. The largest absolute Gasteiger partial charge is 0.376 e. The van der Waals surface area contributed by atoms with E-state index >= 15 is 0 Å². The van der Waals surface area contributed by atoms with Gasteiger partial charge in [-0.1, -0.05) is 30.3 Å². The van der Waals surface area contributed by atoms with E-state index in [1.807, 2.05) is 0 Å². The Hall–Kier alpha value is -1.39. The van der Waals surface area contributed by atoms with E-state index in [4.69, 9.17) is 4.74 Å². The van der Waals surface area contributed by atoms with Crippen molar-refractivity contribution in [2.24, 2.45) is 5.92 Å². The number of likely N-dealkylation sites (tertiary alicyclic amines) is 1. The monoisotopic (exact) mass is 330 g/mol. The fourth-order valence-electron chi connectivity index (χ4n) is 3.73. The number of carbonyl (C=O) groups excluding carboxylic acids is 1. The van der Waals surface area contributed by atoms with Crippen LogP contribution in [0.4, 0.5) is 0 Å². The van der Waals surface area contributed by atoms with E-state index in [-0.39, 0.29) is 17.9 Å². The second kappa shape index (κ2) is 9.19. The van der Waals surface area contributed by atoms with Crippen LogP contribution in [0.15, 0.2) is 30.3 Å². The third-order valence-corrected chi connectivity index (χ3v) is 5.27. The van der Waals surface area contributed by atoms with Gasteiger partial charge in [0.1, 0.15) is 0 Å². The number of carbonyl (C=O) groups is 1. The summed E-state index contributed by atoms with van der Waals surface area (Å²) in [6.45, 7) is 4.77. The average molecular weight is 330 g/mol. The molecule has 0 aromatic heterocycles. The predicted octanol–water partition coefficient (Wildman–Crippen LogP) is 2.63. The number of nitrogens with one attached hydrogen (secondary N) is 1. The summed E-state index contributed by atoms with van der Waals surface area (Å²) in [4.78, 5) is 14.8. The Morgan fingerprint density at radius 2 is 1.96 bits per heavy atom. The molecule has 1 aromatic rings. The molecule has 1 amide bonds. The van der Waals surface area contributed by atoms with Crippen molar-refractivity contribution in [3.05, 3.63) is 35.9 Å². The quantitative estimate of drug-likeness (QED) is 0.836. The topological polar surface area (TPSA) is 41.6 Å². The van der Waals surface area contributed by atoms with E-state index in [0.717, 1.165) is 58.3 Å². The molecule has 1 unspecified atom stereocenters. The minimum atomic E-state index is 0.191. The molecule has 0 saturated carbocycles. The fourth-order valence-corrected chi connectivity index (χ4v) is 3.73. The maximum absolute atomic E-state index is 12.3. The zero-order valence-corrected chi connectivity index (χ0v) is 14.6. The number of benzene rings is 1. The van der Waals surface area contributed by atoms with Crippen LogP contribution in [0.25, 0.3) is 0 Å². The van der Waals surface area contributed by atoms with Gasteiger partial charge in [0.15, 0.2) is 0 Å². The van der Waals surface area contributed by atoms with Gasteiger partial charge in [-0.15, -0.1) is 0 Å². The Balaban J connectivity index is 1.29. The maximum Gasteiger partial charge on any atom is 0.223 e. The van der Waals surface area contributed by atoms with E-state index < -0.39 is 0 Å². The first-order valence-electron chi connectivity index (χ1n) is 9.47. The molecule has 3 rings (SSSR count). The highest BCUT2D eigenvalue weighted by atomic mass is 16.5. The lowest BCUT2D eigenvalue weighted by Crippen LogP contribution is -2.42. The molecule has 1 aromatic carbocycles. The first-order chi connectivity index (χ1) is 11.8. The molecular formula is C20H30N2O2. The van der Waals surface area contributed by atoms with Gasteiger partial charge in [-0.05, 0) is 63.7 Å². The number of aryl methyl sites for hydroxylation is 1. The number of rotatable bonds is 7. The molecular weight excluding hydrogens is 300 g/mol. The number of nitrogens with zero attached hydrogens (tertiary/aromatic N) is 1. The van der Waals surface area contributed by atoms with Crippen LogP contribution in [-0.4, -0.2) is 49.7 Å². The highest BCUT2D eigenvalue weighted by Crippen LogP contribution is 2.18. The van der Waals surface area contributed by atoms with Gasteiger partial charge in [-0.2, -0.15) is 0 Å². The summed E-state index contributed by atoms with van der Waals surface area (Å²) in [6, 6.07) is 10.7. The van der Waals surface area contributed by atoms with Crippen molar-refractivity contribution in [1.82, 2.24) is 10.2 Å². The first-order valence-corrected chi connectivity index (χ1v) is 9.47. The second-order valence-electron chi connectivity index (χ2n) is 7.09. The zero-order valence-electron chi connectivity index (χ0n) is 14.6. The van der Waals surface area contributed by atoms with Crippen LogP contribution in [0.1, 0.15) is 37.7 Å². The highest BCUT2D eigenvalue weighted by Gasteiger charge is 2.25. The van der Waals surface area contributed by atoms with Gasteiger partial charge in [0.2, 0.25) is 5.91 Å². The van der Waals surface area contributed by atoms with Gasteiger partial charge in [0.05, 0.1) is 6.10 Å². The number of amides is 1. The smallest absolute Gasteiger partial charge is 0.223 e. The Morgan fingerprint density at radius 1 is 1.17 bits per heavy atom. The standard InChI is InChI=1S/C20H30N2O2/c23-20(21-16-19-9-5-15-24-19)18-10-13-22(14-11-18)12-4-8-17-6-2-1-3-7-17/h1-3,6-7,18-19H,4-5,8-16H2,(H,21,23). The van der Waals surface area contributed by atoms with Crippen molar-refractivity contribution in [2.75, 3.05) is 32.8 Å². The lowest BCUT2D eigenvalue weighted by atomic mass is 9.95. The molecule has 1 N–H and O–H groups in total. The van der Waals surface area contributed by atoms with E-state index in [9.17, 15) is 4.79 Å². The Morgan fingerprint density at radius 3 is 2.67 bits per heavy atom. The Bertz CT molecular complexity index is 492. The van der Waals surface area contributed by atoms with E-state index in [1.54, 1.807) is 0 Å². The lowest BCUT2D eigenvalue weighted by molar-refractivity contribution is -0.126. The van der Waals surface area contributed by atoms with E-state index in [1.165, 1.54) is 12.0 Å². The minimum absolute atomic E-state index is 0.191. The highest BCUT2D eigenvalue weighted by molar-refractivity contribution is 5.78. The lowest BCUT2D eigenvalue weighted by Gasteiger charge is -2.31. The zero-order chi connectivity index (χ0) is 16.6. The predicted molar refractivity (Wildman–Crippen MR) is 95.9 cm³/mol. The van der Waals surface area contributed by atoms with Crippen LogP contribution in [-0.2, 0) is 16.0 Å². The molecule has 0 radical (unpaired) electrons. The van der Waals surface area contributed by atoms with Gasteiger partial charge < -0.3 is 15.0 Å². The van der Waals surface area contributed by atoms with Crippen LogP contribution in [0, 0.1) is 5.92 Å². The van der Waals surface area contributed by atoms with Crippen LogP contribution in [0.2, 0.25) is 0 Å². The van der Waals surface area contributed by atoms with Crippen molar-refractivity contribution in [2.45, 2.75) is 44.6 Å². The van der Waals surface area contributed by atoms with Gasteiger partial charge in [-0.3, -0.25) is 4.79 Å². The van der Waals surface area contributed by atoms with Crippen LogP contribution in [0.5, 0.6) is 0 Å². The fraction of sp³-hybridized carbons (Fsp3) is 0.650. The summed E-state index contributed by atoms with van der Waals surface area (Å²) in [5, 5.41) is 3.09. The minimum Gasteiger partial charge on any atom is -0.376 e. The van der Waals surface area contributed by atoms with Gasteiger partial charge >= 0.3 is 0 Å². The van der Waals surface area contributed by atoms with Crippen molar-refractivity contribution in [1.29, 1.82) is 0 Å². The molecule has 4 nitrogen and oxygen atoms in total. The molecule has 2 saturated heterocycles. The molecule has 1 atom stereocenters. The molecule has 132 valence electrons. The second-order valence-corrected chi connectivity index (χ2v) is 7.09. The third-order valence-electron chi connectivity index (χ3n) is 5.27. The van der Waals surface area contributed by atoms with Crippen LogP contribution in [0.3, 0.4) is 0 Å². The number of piperidine rings is 1. The maximum atomic E-state index is 12.3. The van der Waals surface area contributed by atoms with Crippen molar-refractivity contribution < 1.29 is 9.53 Å². The summed E-state index contributed by atoms with van der Waals surface area (Å²) in [5.74, 6) is 0.422. The summed E-state index contributed by atoms with van der Waals surface area (Å²) >= 11 is 0. The number of ether oxygens (including phenoxy) is 1. The van der Waals surface area contributed by atoms with Crippen molar-refractivity contribution in [3.8, 4) is 0 Å². The summed E-state index contributed by atoms with van der Waals surface area (Å²) in [6.07, 6.45) is 6.77. The van der Waals surface area contributed by atoms with Gasteiger partial charge in [0.25, 0.3) is 0 Å². The molecule has 2 aliphatic heterocycles.